The van der Waals surface area contributed by atoms with Crippen LogP contribution in [0, 0.1) is 22.0 Å². The normalized spacial score (nSPS) is 20.0. The van der Waals surface area contributed by atoms with E-state index in [2.05, 4.69) is 0 Å². The van der Waals surface area contributed by atoms with Gasteiger partial charge < -0.3 is 14.7 Å². The zero-order valence-corrected chi connectivity index (χ0v) is 17.4. The molecule has 8 nitrogen and oxygen atoms in total. The van der Waals surface area contributed by atoms with Gasteiger partial charge in [0.2, 0.25) is 11.8 Å². The molecule has 0 aromatic heterocycles. The molecular weight excluding hydrogens is 417 g/mol. The molecule has 0 bridgehead atoms. The first-order valence-corrected chi connectivity index (χ1v) is 10.1. The average Bonchev–Trinajstić information content (AvgIpc) is 3.06. The highest BCUT2D eigenvalue weighted by molar-refractivity contribution is 5.89. The molecule has 0 saturated carbocycles. The standard InChI is InChI=1S/C20H25F3N4O4/c1-13(2)11-26-12-14(9-18(26)28)19(29)25-7-5-24(6-8-25)16-4-3-15(20(21,22)23)10-17(16)27(30)31/h3-4,10,13-14H,5-9,11-12H2,1-2H3/t14-/m0/s1. The summed E-state index contributed by atoms with van der Waals surface area (Å²) < 4.78 is 38.7. The van der Waals surface area contributed by atoms with Crippen molar-refractivity contribution in [2.45, 2.75) is 26.4 Å². The highest BCUT2D eigenvalue weighted by Crippen LogP contribution is 2.37. The van der Waals surface area contributed by atoms with Crippen LogP contribution in [0.25, 0.3) is 0 Å². The number of amides is 2. The maximum absolute atomic E-state index is 12.9. The van der Waals surface area contributed by atoms with Gasteiger partial charge in [-0.3, -0.25) is 19.7 Å². The van der Waals surface area contributed by atoms with Crippen LogP contribution in [-0.2, 0) is 15.8 Å². The Morgan fingerprint density at radius 3 is 2.42 bits per heavy atom. The summed E-state index contributed by atoms with van der Waals surface area (Å²) in [6.45, 7) is 6.08. The van der Waals surface area contributed by atoms with Gasteiger partial charge in [-0.05, 0) is 18.1 Å². The fourth-order valence-electron chi connectivity index (χ4n) is 4.09. The van der Waals surface area contributed by atoms with Crippen LogP contribution in [-0.4, -0.2) is 65.8 Å². The number of likely N-dealkylation sites (tertiary alicyclic amines) is 1. The van der Waals surface area contributed by atoms with E-state index in [0.29, 0.717) is 25.1 Å². The lowest BCUT2D eigenvalue weighted by atomic mass is 10.1. The molecule has 2 aliphatic heterocycles. The van der Waals surface area contributed by atoms with E-state index in [4.69, 9.17) is 0 Å². The fourth-order valence-corrected chi connectivity index (χ4v) is 4.09. The largest absolute Gasteiger partial charge is 0.416 e. The Balaban J connectivity index is 1.65. The number of rotatable bonds is 5. The van der Waals surface area contributed by atoms with E-state index in [9.17, 15) is 32.9 Å². The van der Waals surface area contributed by atoms with E-state index < -0.39 is 28.3 Å². The molecule has 11 heteroatoms. The molecule has 0 unspecified atom stereocenters. The molecule has 2 saturated heterocycles. The third-order valence-corrected chi connectivity index (χ3v) is 5.58. The van der Waals surface area contributed by atoms with Crippen LogP contribution in [0.15, 0.2) is 18.2 Å². The summed E-state index contributed by atoms with van der Waals surface area (Å²) in [7, 11) is 0. The number of nitrogens with zero attached hydrogens (tertiary/aromatic N) is 4. The predicted octanol–water partition coefficient (Wildman–Crippen LogP) is 2.77. The van der Waals surface area contributed by atoms with Gasteiger partial charge in [-0.25, -0.2) is 0 Å². The summed E-state index contributed by atoms with van der Waals surface area (Å²) in [5.74, 6) is -0.258. The zero-order chi connectivity index (χ0) is 22.9. The minimum atomic E-state index is -4.67. The molecule has 31 heavy (non-hydrogen) atoms. The Morgan fingerprint density at radius 1 is 1.23 bits per heavy atom. The summed E-state index contributed by atoms with van der Waals surface area (Å²) in [6, 6.07) is 2.48. The van der Waals surface area contributed by atoms with Crippen LogP contribution in [0.3, 0.4) is 0 Å². The van der Waals surface area contributed by atoms with Gasteiger partial charge in [-0.2, -0.15) is 13.2 Å². The van der Waals surface area contributed by atoms with Gasteiger partial charge in [-0.1, -0.05) is 13.8 Å². The van der Waals surface area contributed by atoms with Gasteiger partial charge in [0.25, 0.3) is 5.69 Å². The van der Waals surface area contributed by atoms with Crippen molar-refractivity contribution in [2.24, 2.45) is 11.8 Å². The number of piperazine rings is 1. The number of nitro benzene ring substituents is 1. The molecule has 1 aromatic carbocycles. The quantitative estimate of drug-likeness (QED) is 0.517. The monoisotopic (exact) mass is 442 g/mol. The summed E-state index contributed by atoms with van der Waals surface area (Å²) in [4.78, 5) is 40.5. The molecule has 0 aliphatic carbocycles. The molecule has 2 amide bonds. The van der Waals surface area contributed by atoms with Gasteiger partial charge in [0.1, 0.15) is 5.69 Å². The highest BCUT2D eigenvalue weighted by atomic mass is 19.4. The van der Waals surface area contributed by atoms with E-state index in [-0.39, 0.29) is 50.1 Å². The highest BCUT2D eigenvalue weighted by Gasteiger charge is 2.38. The van der Waals surface area contributed by atoms with Crippen LogP contribution in [0.5, 0.6) is 0 Å². The lowest BCUT2D eigenvalue weighted by Crippen LogP contribution is -2.50. The first-order valence-electron chi connectivity index (χ1n) is 10.1. The van der Waals surface area contributed by atoms with Crippen molar-refractivity contribution in [2.75, 3.05) is 44.2 Å². The second-order valence-electron chi connectivity index (χ2n) is 8.36. The maximum atomic E-state index is 12.9. The molecule has 2 heterocycles. The maximum Gasteiger partial charge on any atom is 0.416 e. The summed E-state index contributed by atoms with van der Waals surface area (Å²) in [5.41, 5.74) is -1.59. The van der Waals surface area contributed by atoms with Crippen molar-refractivity contribution in [1.29, 1.82) is 0 Å². The van der Waals surface area contributed by atoms with E-state index in [1.807, 2.05) is 13.8 Å². The van der Waals surface area contributed by atoms with Crippen LogP contribution < -0.4 is 4.90 Å². The number of halogens is 3. The van der Waals surface area contributed by atoms with E-state index in [1.54, 1.807) is 14.7 Å². The lowest BCUT2D eigenvalue weighted by Gasteiger charge is -2.37. The molecular formula is C20H25F3N4O4. The number of carbonyl (C=O) groups is 2. The van der Waals surface area contributed by atoms with E-state index >= 15 is 0 Å². The second kappa shape index (κ2) is 8.72. The molecule has 170 valence electrons. The van der Waals surface area contributed by atoms with Crippen molar-refractivity contribution in [3.05, 3.63) is 33.9 Å². The Hall–Kier alpha value is -2.85. The predicted molar refractivity (Wildman–Crippen MR) is 106 cm³/mol. The smallest absolute Gasteiger partial charge is 0.362 e. The molecule has 2 aliphatic rings. The zero-order valence-electron chi connectivity index (χ0n) is 17.4. The molecule has 0 radical (unpaired) electrons. The van der Waals surface area contributed by atoms with Crippen molar-refractivity contribution in [3.8, 4) is 0 Å². The van der Waals surface area contributed by atoms with Gasteiger partial charge >= 0.3 is 6.18 Å². The molecule has 0 N–H and O–H groups in total. The van der Waals surface area contributed by atoms with E-state index in [0.717, 1.165) is 12.1 Å². The minimum absolute atomic E-state index is 0.0361. The Morgan fingerprint density at radius 2 is 1.87 bits per heavy atom. The lowest BCUT2D eigenvalue weighted by molar-refractivity contribution is -0.384. The van der Waals surface area contributed by atoms with Crippen LogP contribution in [0.1, 0.15) is 25.8 Å². The SMILES string of the molecule is CC(C)CN1C[C@@H](C(=O)N2CCN(c3ccc(C(F)(F)F)cc3[N+](=O)[O-])CC2)CC1=O. The van der Waals surface area contributed by atoms with Crippen LogP contribution in [0.4, 0.5) is 24.5 Å². The van der Waals surface area contributed by atoms with Crippen molar-refractivity contribution in [1.82, 2.24) is 9.80 Å². The summed E-state index contributed by atoms with van der Waals surface area (Å²) in [5, 5.41) is 11.3. The number of hydrogen-bond acceptors (Lipinski definition) is 5. The third kappa shape index (κ3) is 5.08. The fraction of sp³-hybridized carbons (Fsp3) is 0.600. The van der Waals surface area contributed by atoms with Gasteiger partial charge in [0.15, 0.2) is 0 Å². The first-order chi connectivity index (χ1) is 14.5. The molecule has 3 rings (SSSR count). The van der Waals surface area contributed by atoms with Crippen LogP contribution in [0.2, 0.25) is 0 Å². The second-order valence-corrected chi connectivity index (χ2v) is 8.36. The third-order valence-electron chi connectivity index (χ3n) is 5.58. The molecule has 1 aromatic rings. The van der Waals surface area contributed by atoms with Crippen molar-refractivity contribution >= 4 is 23.2 Å². The number of anilines is 1. The molecule has 1 atom stereocenters. The van der Waals surface area contributed by atoms with Crippen molar-refractivity contribution < 1.29 is 27.7 Å². The number of carbonyl (C=O) groups excluding carboxylic acids is 2. The number of benzene rings is 1. The average molecular weight is 442 g/mol. The Bertz CT molecular complexity index is 866. The molecule has 2 fully saturated rings. The number of nitro groups is 1. The van der Waals surface area contributed by atoms with Crippen molar-refractivity contribution in [3.63, 3.8) is 0 Å². The Kier molecular flexibility index (Phi) is 6.42. The van der Waals surface area contributed by atoms with Gasteiger partial charge in [-0.15, -0.1) is 0 Å². The topological polar surface area (TPSA) is 87.0 Å². The van der Waals surface area contributed by atoms with E-state index in [1.165, 1.54) is 0 Å². The molecule has 0 spiro atoms. The number of alkyl halides is 3. The number of hydrogen-bond donors (Lipinski definition) is 0. The summed E-state index contributed by atoms with van der Waals surface area (Å²) in [6.07, 6.45) is -4.49. The van der Waals surface area contributed by atoms with Gasteiger partial charge in [0.05, 0.1) is 16.4 Å². The summed E-state index contributed by atoms with van der Waals surface area (Å²) >= 11 is 0. The van der Waals surface area contributed by atoms with Crippen LogP contribution >= 0.6 is 0 Å². The minimum Gasteiger partial charge on any atom is -0.362 e. The Labute approximate surface area is 177 Å². The van der Waals surface area contributed by atoms with Gasteiger partial charge in [0, 0.05) is 51.8 Å². The first kappa shape index (κ1) is 22.8.